The number of para-hydroxylation sites is 1. The van der Waals surface area contributed by atoms with E-state index in [2.05, 4.69) is 51.3 Å². The molecule has 1 aromatic heterocycles. The van der Waals surface area contributed by atoms with E-state index in [0.717, 1.165) is 50.3 Å². The van der Waals surface area contributed by atoms with Gasteiger partial charge < -0.3 is 14.7 Å². The summed E-state index contributed by atoms with van der Waals surface area (Å²) < 4.78 is 6.08. The Balaban J connectivity index is 1.58. The van der Waals surface area contributed by atoms with E-state index in [1.54, 1.807) is 0 Å². The molecular weight excluding hydrogens is 318 g/mol. The minimum absolute atomic E-state index is 0.668. The fourth-order valence-corrected chi connectivity index (χ4v) is 3.52. The fraction of sp³-hybridized carbons (Fsp3) is 0.316. The molecule has 2 aromatic carbocycles. The molecule has 1 aliphatic heterocycles. The Labute approximate surface area is 146 Å². The number of nitrogens with zero attached hydrogens (tertiary/aromatic N) is 1. The lowest BCUT2D eigenvalue weighted by atomic mass is 10.0. The summed E-state index contributed by atoms with van der Waals surface area (Å²) in [5, 5.41) is 0. The topological polar surface area (TPSA) is 44.0 Å². The van der Waals surface area contributed by atoms with E-state index < -0.39 is 0 Å². The van der Waals surface area contributed by atoms with Crippen molar-refractivity contribution in [2.45, 2.75) is 6.42 Å². The van der Waals surface area contributed by atoms with E-state index >= 15 is 0 Å². The van der Waals surface area contributed by atoms with Crippen molar-refractivity contribution in [1.29, 1.82) is 0 Å². The summed E-state index contributed by atoms with van der Waals surface area (Å²) >= 11 is 5.24. The molecule has 0 aliphatic carbocycles. The number of fused-ring (bicyclic) bond motifs is 1. The maximum atomic E-state index is 5.41. The highest BCUT2D eigenvalue weighted by Gasteiger charge is 2.11. The Morgan fingerprint density at radius 1 is 1.04 bits per heavy atom. The van der Waals surface area contributed by atoms with E-state index in [9.17, 15) is 0 Å². The molecule has 5 heteroatoms. The molecule has 4 nitrogen and oxygen atoms in total. The number of ether oxygens (including phenoxy) is 1. The molecule has 1 saturated heterocycles. The quantitative estimate of drug-likeness (QED) is 0.711. The van der Waals surface area contributed by atoms with Gasteiger partial charge in [-0.25, -0.2) is 0 Å². The van der Waals surface area contributed by atoms with Crippen LogP contribution < -0.4 is 0 Å². The van der Waals surface area contributed by atoms with Crippen LogP contribution in [-0.4, -0.2) is 47.7 Å². The minimum Gasteiger partial charge on any atom is -0.379 e. The van der Waals surface area contributed by atoms with Crippen LogP contribution in [-0.2, 0) is 11.2 Å². The van der Waals surface area contributed by atoms with Crippen molar-refractivity contribution in [2.75, 3.05) is 32.8 Å². The second-order valence-electron chi connectivity index (χ2n) is 6.21. The fourth-order valence-electron chi connectivity index (χ4n) is 3.31. The van der Waals surface area contributed by atoms with Crippen LogP contribution in [0.2, 0.25) is 0 Å². The average Bonchev–Trinajstić information content (AvgIpc) is 3.01. The highest BCUT2D eigenvalue weighted by molar-refractivity contribution is 7.71. The summed E-state index contributed by atoms with van der Waals surface area (Å²) in [6, 6.07) is 15.1. The van der Waals surface area contributed by atoms with Gasteiger partial charge in [0.05, 0.1) is 24.2 Å². The zero-order valence-electron chi connectivity index (χ0n) is 13.5. The number of rotatable bonds is 4. The number of nitrogens with one attached hydrogen (secondary N) is 2. The van der Waals surface area contributed by atoms with Crippen LogP contribution in [0.25, 0.3) is 22.2 Å². The molecular formula is C19H21N3OS. The van der Waals surface area contributed by atoms with Crippen LogP contribution in [0, 0.1) is 4.77 Å². The molecule has 4 rings (SSSR count). The van der Waals surface area contributed by atoms with Crippen molar-refractivity contribution in [2.24, 2.45) is 0 Å². The first-order valence-electron chi connectivity index (χ1n) is 8.40. The third-order valence-corrected chi connectivity index (χ3v) is 4.81. The zero-order chi connectivity index (χ0) is 16.4. The molecule has 3 aromatic rings. The number of benzene rings is 2. The lowest BCUT2D eigenvalue weighted by Gasteiger charge is -2.26. The van der Waals surface area contributed by atoms with Crippen LogP contribution in [0.3, 0.4) is 0 Å². The number of aromatic nitrogens is 2. The number of aromatic amines is 2. The molecule has 24 heavy (non-hydrogen) atoms. The maximum Gasteiger partial charge on any atom is 0.175 e. The summed E-state index contributed by atoms with van der Waals surface area (Å²) in [6.45, 7) is 4.88. The van der Waals surface area contributed by atoms with Crippen LogP contribution in [0.1, 0.15) is 5.56 Å². The van der Waals surface area contributed by atoms with Gasteiger partial charge in [-0.1, -0.05) is 36.4 Å². The van der Waals surface area contributed by atoms with E-state index in [-0.39, 0.29) is 0 Å². The third-order valence-electron chi connectivity index (χ3n) is 4.61. The zero-order valence-corrected chi connectivity index (χ0v) is 14.4. The van der Waals surface area contributed by atoms with Gasteiger partial charge in [-0.2, -0.15) is 0 Å². The molecule has 0 spiro atoms. The first kappa shape index (κ1) is 15.6. The summed E-state index contributed by atoms with van der Waals surface area (Å²) in [5.74, 6) is 0. The number of H-pyrrole nitrogens is 2. The summed E-state index contributed by atoms with van der Waals surface area (Å²) in [7, 11) is 0. The number of morpholine rings is 1. The highest BCUT2D eigenvalue weighted by Crippen LogP contribution is 2.27. The van der Waals surface area contributed by atoms with Crippen LogP contribution in [0.5, 0.6) is 0 Å². The number of hydrogen-bond donors (Lipinski definition) is 2. The monoisotopic (exact) mass is 339 g/mol. The number of imidazole rings is 1. The van der Waals surface area contributed by atoms with Crippen molar-refractivity contribution in [3.05, 3.63) is 52.8 Å². The molecule has 2 heterocycles. The van der Waals surface area contributed by atoms with Crippen LogP contribution in [0.4, 0.5) is 0 Å². The van der Waals surface area contributed by atoms with Gasteiger partial charge >= 0.3 is 0 Å². The Morgan fingerprint density at radius 2 is 1.88 bits per heavy atom. The van der Waals surface area contributed by atoms with Crippen molar-refractivity contribution in [3.63, 3.8) is 0 Å². The largest absolute Gasteiger partial charge is 0.379 e. The number of hydrogen-bond acceptors (Lipinski definition) is 3. The van der Waals surface area contributed by atoms with Gasteiger partial charge in [0.15, 0.2) is 4.77 Å². The van der Waals surface area contributed by atoms with Gasteiger partial charge in [0, 0.05) is 25.2 Å². The molecule has 1 aliphatic rings. The molecule has 0 saturated carbocycles. The van der Waals surface area contributed by atoms with E-state index in [1.165, 1.54) is 16.7 Å². The van der Waals surface area contributed by atoms with Crippen molar-refractivity contribution in [1.82, 2.24) is 14.9 Å². The molecule has 1 fully saturated rings. The summed E-state index contributed by atoms with van der Waals surface area (Å²) in [5.41, 5.74) is 5.91. The molecule has 0 amide bonds. The Bertz CT molecular complexity index is 893. The SMILES string of the molecule is S=c1[nH]c2cccc(-c3cccc(CCN4CCOCC4)c3)c2[nH]1. The molecule has 124 valence electrons. The second kappa shape index (κ2) is 6.89. The lowest BCUT2D eigenvalue weighted by molar-refractivity contribution is 0.0384. The smallest absolute Gasteiger partial charge is 0.175 e. The van der Waals surface area contributed by atoms with Crippen molar-refractivity contribution < 1.29 is 4.74 Å². The van der Waals surface area contributed by atoms with Crippen LogP contribution in [0.15, 0.2) is 42.5 Å². The molecule has 0 bridgehead atoms. The Kier molecular flexibility index (Phi) is 4.47. The maximum absolute atomic E-state index is 5.41. The van der Waals surface area contributed by atoms with Crippen LogP contribution >= 0.6 is 12.2 Å². The predicted octanol–water partition coefficient (Wildman–Crippen LogP) is 3.77. The Hall–Kier alpha value is -1.95. The summed E-state index contributed by atoms with van der Waals surface area (Å²) in [6.07, 6.45) is 1.06. The molecule has 0 unspecified atom stereocenters. The lowest BCUT2D eigenvalue weighted by Crippen LogP contribution is -2.37. The van der Waals surface area contributed by atoms with E-state index in [0.29, 0.717) is 4.77 Å². The van der Waals surface area contributed by atoms with Crippen molar-refractivity contribution in [3.8, 4) is 11.1 Å². The van der Waals surface area contributed by atoms with Crippen molar-refractivity contribution >= 4 is 23.3 Å². The van der Waals surface area contributed by atoms with Gasteiger partial charge in [-0.15, -0.1) is 0 Å². The van der Waals surface area contributed by atoms with Gasteiger partial charge in [-0.05, 0) is 35.8 Å². The predicted molar refractivity (Wildman–Crippen MR) is 99.9 cm³/mol. The highest BCUT2D eigenvalue weighted by atomic mass is 32.1. The standard InChI is InChI=1S/C19H21N3OS/c24-19-20-17-6-2-5-16(18(17)21-19)15-4-1-3-14(13-15)7-8-22-9-11-23-12-10-22/h1-6,13H,7-12H2,(H2,20,21,24). The van der Waals surface area contributed by atoms with Gasteiger partial charge in [0.25, 0.3) is 0 Å². The van der Waals surface area contributed by atoms with Gasteiger partial charge in [-0.3, -0.25) is 4.90 Å². The van der Waals surface area contributed by atoms with E-state index in [1.807, 2.05) is 6.07 Å². The van der Waals surface area contributed by atoms with Gasteiger partial charge in [0.1, 0.15) is 0 Å². The minimum atomic E-state index is 0.668. The normalized spacial score (nSPS) is 15.8. The first-order chi connectivity index (χ1) is 11.8. The first-order valence-corrected chi connectivity index (χ1v) is 8.81. The summed E-state index contributed by atoms with van der Waals surface area (Å²) in [4.78, 5) is 8.93. The molecule has 2 N–H and O–H groups in total. The molecule has 0 radical (unpaired) electrons. The Morgan fingerprint density at radius 3 is 2.75 bits per heavy atom. The average molecular weight is 339 g/mol. The van der Waals surface area contributed by atoms with Gasteiger partial charge in [0.2, 0.25) is 0 Å². The third kappa shape index (κ3) is 3.29. The van der Waals surface area contributed by atoms with E-state index in [4.69, 9.17) is 17.0 Å². The second-order valence-corrected chi connectivity index (χ2v) is 6.62. The molecule has 0 atom stereocenters.